The van der Waals surface area contributed by atoms with E-state index in [-0.39, 0.29) is 5.41 Å². The molecule has 0 aromatic heterocycles. The number of hydrogen-bond acceptors (Lipinski definition) is 1. The minimum Gasteiger partial charge on any atom is -0.339 e. The van der Waals surface area contributed by atoms with Crippen LogP contribution in [0.1, 0.15) is 63.5 Å². The number of carbonyl (C=O) groups is 1. The highest BCUT2D eigenvalue weighted by Crippen LogP contribution is 2.39. The molecule has 2 unspecified atom stereocenters. The second kappa shape index (κ2) is 4.91. The average molecular weight is 271 g/mol. The van der Waals surface area contributed by atoms with Gasteiger partial charge in [-0.25, -0.2) is 0 Å². The van der Waals surface area contributed by atoms with Crippen LogP contribution in [0.2, 0.25) is 0 Å². The normalized spacial score (nSPS) is 26.8. The first kappa shape index (κ1) is 13.7. The minimum atomic E-state index is 0.195. The van der Waals surface area contributed by atoms with Crippen molar-refractivity contribution in [3.8, 4) is 0 Å². The monoisotopic (exact) mass is 271 g/mol. The van der Waals surface area contributed by atoms with Gasteiger partial charge in [0.15, 0.2) is 0 Å². The van der Waals surface area contributed by atoms with E-state index in [1.54, 1.807) is 0 Å². The Hall–Kier alpha value is -1.31. The van der Waals surface area contributed by atoms with E-state index in [1.165, 1.54) is 30.4 Å². The van der Waals surface area contributed by atoms with Gasteiger partial charge in [-0.2, -0.15) is 0 Å². The molecule has 20 heavy (non-hydrogen) atoms. The number of fused-ring (bicyclic) bond motifs is 1. The molecule has 2 aliphatic heterocycles. The summed E-state index contributed by atoms with van der Waals surface area (Å²) in [4.78, 5) is 14.3. The zero-order valence-corrected chi connectivity index (χ0v) is 12.9. The zero-order valence-electron chi connectivity index (χ0n) is 12.9. The lowest BCUT2D eigenvalue weighted by Crippen LogP contribution is -2.38. The van der Waals surface area contributed by atoms with Crippen molar-refractivity contribution in [2.24, 2.45) is 0 Å². The molecule has 1 aromatic rings. The van der Waals surface area contributed by atoms with Gasteiger partial charge in [0.25, 0.3) is 0 Å². The SMILES string of the molecule is CC(C)(C)c1ccc(C2CC(=O)N3CCCCC23)cc1. The number of benzene rings is 1. The van der Waals surface area contributed by atoms with E-state index in [1.807, 2.05) is 0 Å². The van der Waals surface area contributed by atoms with Gasteiger partial charge in [-0.1, -0.05) is 45.0 Å². The predicted molar refractivity (Wildman–Crippen MR) is 81.9 cm³/mol. The number of carbonyl (C=O) groups excluding carboxylic acids is 1. The summed E-state index contributed by atoms with van der Waals surface area (Å²) in [5.74, 6) is 0.774. The fourth-order valence-electron chi connectivity index (χ4n) is 3.70. The molecule has 1 aromatic carbocycles. The highest BCUT2D eigenvalue weighted by molar-refractivity contribution is 5.80. The van der Waals surface area contributed by atoms with Crippen LogP contribution in [-0.2, 0) is 10.2 Å². The molecule has 0 N–H and O–H groups in total. The number of piperidine rings is 1. The van der Waals surface area contributed by atoms with Gasteiger partial charge in [0.2, 0.25) is 5.91 Å². The van der Waals surface area contributed by atoms with Gasteiger partial charge in [0, 0.05) is 24.9 Å². The maximum atomic E-state index is 12.1. The summed E-state index contributed by atoms with van der Waals surface area (Å²) in [6, 6.07) is 9.43. The highest BCUT2D eigenvalue weighted by atomic mass is 16.2. The van der Waals surface area contributed by atoms with E-state index in [2.05, 4.69) is 49.9 Å². The van der Waals surface area contributed by atoms with Crippen LogP contribution in [0.4, 0.5) is 0 Å². The van der Waals surface area contributed by atoms with Crippen LogP contribution in [0, 0.1) is 0 Å². The van der Waals surface area contributed by atoms with E-state index in [0.717, 1.165) is 6.54 Å². The summed E-state index contributed by atoms with van der Waals surface area (Å²) in [5, 5.41) is 0. The molecule has 2 aliphatic rings. The Morgan fingerprint density at radius 1 is 1.10 bits per heavy atom. The Morgan fingerprint density at radius 2 is 1.80 bits per heavy atom. The Bertz CT molecular complexity index is 497. The van der Waals surface area contributed by atoms with Crippen LogP contribution in [0.3, 0.4) is 0 Å². The second-order valence-corrected chi connectivity index (χ2v) is 7.33. The smallest absolute Gasteiger partial charge is 0.223 e. The van der Waals surface area contributed by atoms with Gasteiger partial charge >= 0.3 is 0 Å². The molecule has 0 saturated carbocycles. The predicted octanol–water partition coefficient (Wildman–Crippen LogP) is 3.85. The molecule has 0 spiro atoms. The van der Waals surface area contributed by atoms with Crippen LogP contribution in [0.5, 0.6) is 0 Å². The van der Waals surface area contributed by atoms with Crippen molar-refractivity contribution in [1.29, 1.82) is 0 Å². The molecule has 2 fully saturated rings. The summed E-state index contributed by atoms with van der Waals surface area (Å²) < 4.78 is 0. The van der Waals surface area contributed by atoms with Gasteiger partial charge in [-0.05, 0) is 35.8 Å². The van der Waals surface area contributed by atoms with Gasteiger partial charge in [-0.15, -0.1) is 0 Å². The molecular formula is C18H25NO. The van der Waals surface area contributed by atoms with Gasteiger partial charge < -0.3 is 4.90 Å². The number of nitrogens with zero attached hydrogens (tertiary/aromatic N) is 1. The lowest BCUT2D eigenvalue weighted by Gasteiger charge is -2.32. The number of hydrogen-bond donors (Lipinski definition) is 0. The van der Waals surface area contributed by atoms with Gasteiger partial charge in [-0.3, -0.25) is 4.79 Å². The van der Waals surface area contributed by atoms with Crippen molar-refractivity contribution in [3.05, 3.63) is 35.4 Å². The maximum Gasteiger partial charge on any atom is 0.223 e. The summed E-state index contributed by atoms with van der Waals surface area (Å²) in [6.07, 6.45) is 4.33. The van der Waals surface area contributed by atoms with Crippen LogP contribution < -0.4 is 0 Å². The molecule has 2 heteroatoms. The molecule has 0 bridgehead atoms. The topological polar surface area (TPSA) is 20.3 Å². The van der Waals surface area contributed by atoms with E-state index >= 15 is 0 Å². The van der Waals surface area contributed by atoms with E-state index in [4.69, 9.17) is 0 Å². The van der Waals surface area contributed by atoms with Crippen LogP contribution >= 0.6 is 0 Å². The molecule has 3 rings (SSSR count). The second-order valence-electron chi connectivity index (χ2n) is 7.33. The minimum absolute atomic E-state index is 0.195. The fourth-order valence-corrected chi connectivity index (χ4v) is 3.70. The number of rotatable bonds is 1. The molecule has 0 radical (unpaired) electrons. The summed E-state index contributed by atoms with van der Waals surface area (Å²) in [5.41, 5.74) is 2.91. The first-order valence-electron chi connectivity index (χ1n) is 7.87. The Morgan fingerprint density at radius 3 is 2.45 bits per heavy atom. The van der Waals surface area contributed by atoms with Crippen molar-refractivity contribution >= 4 is 5.91 Å². The van der Waals surface area contributed by atoms with Crippen molar-refractivity contribution in [3.63, 3.8) is 0 Å². The van der Waals surface area contributed by atoms with E-state index in [9.17, 15) is 4.79 Å². The standard InChI is InChI=1S/C18H25NO/c1-18(2,3)14-9-7-13(8-10-14)15-12-17(20)19-11-5-4-6-16(15)19/h7-10,15-16H,4-6,11-12H2,1-3H3. The van der Waals surface area contributed by atoms with Crippen molar-refractivity contribution in [2.75, 3.05) is 6.54 Å². The first-order valence-corrected chi connectivity index (χ1v) is 7.87. The molecule has 108 valence electrons. The molecule has 1 amide bonds. The maximum absolute atomic E-state index is 12.1. The third-order valence-corrected chi connectivity index (χ3v) is 4.93. The Kier molecular flexibility index (Phi) is 3.35. The van der Waals surface area contributed by atoms with Gasteiger partial charge in [0.1, 0.15) is 0 Å². The third-order valence-electron chi connectivity index (χ3n) is 4.93. The van der Waals surface area contributed by atoms with E-state index < -0.39 is 0 Å². The lowest BCUT2D eigenvalue weighted by atomic mass is 9.83. The molecule has 2 nitrogen and oxygen atoms in total. The molecular weight excluding hydrogens is 246 g/mol. The van der Waals surface area contributed by atoms with Crippen LogP contribution in [0.15, 0.2) is 24.3 Å². The summed E-state index contributed by atoms with van der Waals surface area (Å²) in [6.45, 7) is 7.69. The molecule has 0 aliphatic carbocycles. The van der Waals surface area contributed by atoms with Crippen molar-refractivity contribution in [1.82, 2.24) is 4.90 Å². The summed E-state index contributed by atoms with van der Waals surface area (Å²) >= 11 is 0. The number of amides is 1. The summed E-state index contributed by atoms with van der Waals surface area (Å²) in [7, 11) is 0. The molecule has 2 saturated heterocycles. The zero-order chi connectivity index (χ0) is 14.3. The van der Waals surface area contributed by atoms with Crippen molar-refractivity contribution < 1.29 is 4.79 Å². The average Bonchev–Trinajstić information content (AvgIpc) is 2.76. The largest absolute Gasteiger partial charge is 0.339 e. The quantitative estimate of drug-likeness (QED) is 0.759. The Labute approximate surface area is 122 Å². The van der Waals surface area contributed by atoms with Crippen LogP contribution in [0.25, 0.3) is 0 Å². The fraction of sp³-hybridized carbons (Fsp3) is 0.611. The third kappa shape index (κ3) is 2.36. The van der Waals surface area contributed by atoms with Crippen LogP contribution in [-0.4, -0.2) is 23.4 Å². The highest BCUT2D eigenvalue weighted by Gasteiger charge is 2.41. The molecule has 2 atom stereocenters. The van der Waals surface area contributed by atoms with E-state index in [0.29, 0.717) is 24.3 Å². The van der Waals surface area contributed by atoms with Crippen molar-refractivity contribution in [2.45, 2.75) is 63.8 Å². The lowest BCUT2D eigenvalue weighted by molar-refractivity contribution is -0.129. The first-order chi connectivity index (χ1) is 9.47. The Balaban J connectivity index is 1.84. The molecule has 2 heterocycles. The van der Waals surface area contributed by atoms with Gasteiger partial charge in [0.05, 0.1) is 0 Å².